The summed E-state index contributed by atoms with van der Waals surface area (Å²) in [6, 6.07) is 40.5. The van der Waals surface area contributed by atoms with Gasteiger partial charge in [-0.3, -0.25) is 11.1 Å². The van der Waals surface area contributed by atoms with Gasteiger partial charge in [-0.15, -0.1) is 43.7 Å². The first-order valence-electron chi connectivity index (χ1n) is 9.40. The van der Waals surface area contributed by atoms with E-state index < -0.39 is 0 Å². The Bertz CT molecular complexity index is 836. The quantitative estimate of drug-likeness (QED) is 0.171. The van der Waals surface area contributed by atoms with Crippen molar-refractivity contribution in [3.8, 4) is 0 Å². The van der Waals surface area contributed by atoms with Gasteiger partial charge in [-0.2, -0.15) is 42.0 Å². The fourth-order valence-electron chi connectivity index (χ4n) is 2.42. The summed E-state index contributed by atoms with van der Waals surface area (Å²) in [6.07, 6.45) is 6.66. The zero-order chi connectivity index (χ0) is 19.9. The van der Waals surface area contributed by atoms with E-state index >= 15 is 0 Å². The zero-order valence-corrected chi connectivity index (χ0v) is 19.5. The summed E-state index contributed by atoms with van der Waals surface area (Å²) >= 11 is 0. The topological polar surface area (TPSA) is 0 Å². The van der Waals surface area contributed by atoms with E-state index in [-0.39, 0.29) is 26.2 Å². The molecule has 0 aliphatic rings. The van der Waals surface area contributed by atoms with Gasteiger partial charge in [0.25, 0.3) is 0 Å². The van der Waals surface area contributed by atoms with Crippen LogP contribution in [0.5, 0.6) is 0 Å². The van der Waals surface area contributed by atoms with E-state index in [4.69, 9.17) is 0 Å². The van der Waals surface area contributed by atoms with Gasteiger partial charge < -0.3 is 6.08 Å². The number of hydrogen-bond acceptors (Lipinski definition) is 0. The Morgan fingerprint density at radius 1 is 0.655 bits per heavy atom. The van der Waals surface area contributed by atoms with Gasteiger partial charge in [-0.05, 0) is 0 Å². The van der Waals surface area contributed by atoms with Gasteiger partial charge in [0.15, 0.2) is 0 Å². The van der Waals surface area contributed by atoms with Crippen molar-refractivity contribution in [3.05, 3.63) is 150 Å². The van der Waals surface area contributed by atoms with Crippen molar-refractivity contribution < 1.29 is 26.2 Å². The monoisotopic (exact) mass is 452 g/mol. The second kappa shape index (κ2) is 15.4. The van der Waals surface area contributed by atoms with Crippen molar-refractivity contribution in [2.45, 2.75) is 13.8 Å². The molecule has 4 rings (SSSR count). The van der Waals surface area contributed by atoms with Crippen molar-refractivity contribution in [2.75, 3.05) is 0 Å². The summed E-state index contributed by atoms with van der Waals surface area (Å²) < 4.78 is 0. The normalized spacial score (nSPS) is 10.6. The summed E-state index contributed by atoms with van der Waals surface area (Å²) in [5.74, 6) is 0. The number of allylic oxidation sites excluding steroid dienone is 3. The minimum Gasteiger partial charge on any atom is -0.316 e. The van der Waals surface area contributed by atoms with Crippen LogP contribution in [0.15, 0.2) is 127 Å². The van der Waals surface area contributed by atoms with E-state index in [0.717, 1.165) is 16.7 Å². The molecular formula is C28H26Zr. The molecule has 0 fully saturated rings. The molecule has 0 bridgehead atoms. The van der Waals surface area contributed by atoms with Crippen molar-refractivity contribution in [1.82, 2.24) is 0 Å². The first-order valence-corrected chi connectivity index (χ1v) is 9.40. The molecule has 0 saturated carbocycles. The molecule has 1 heteroatoms. The van der Waals surface area contributed by atoms with Crippen LogP contribution >= 0.6 is 0 Å². The average Bonchev–Trinajstić information content (AvgIpc) is 3.52. The number of benzene rings is 2. The molecule has 0 nitrogen and oxygen atoms in total. The minimum atomic E-state index is 0. The van der Waals surface area contributed by atoms with E-state index in [1.54, 1.807) is 0 Å². The molecular weight excluding hydrogens is 428 g/mol. The second-order valence-corrected chi connectivity index (χ2v) is 6.03. The van der Waals surface area contributed by atoms with Crippen LogP contribution in [0.3, 0.4) is 0 Å². The summed E-state index contributed by atoms with van der Waals surface area (Å²) in [6.45, 7) is 4.00. The van der Waals surface area contributed by atoms with E-state index in [2.05, 4.69) is 43.3 Å². The van der Waals surface area contributed by atoms with Crippen molar-refractivity contribution >= 4 is 5.57 Å². The fraction of sp³-hybridized carbons (Fsp3) is 0.0714. The molecule has 0 unspecified atom stereocenters. The minimum absolute atomic E-state index is 0. The third-order valence-corrected chi connectivity index (χ3v) is 3.97. The Morgan fingerprint density at radius 2 is 1.10 bits per heavy atom. The molecule has 0 N–H and O–H groups in total. The maximum Gasteiger partial charge on any atom is 4.00 e. The molecule has 0 radical (unpaired) electrons. The van der Waals surface area contributed by atoms with Gasteiger partial charge in [-0.25, -0.2) is 30.3 Å². The van der Waals surface area contributed by atoms with Crippen LogP contribution in [-0.2, 0) is 26.2 Å². The van der Waals surface area contributed by atoms with Crippen molar-refractivity contribution in [3.63, 3.8) is 0 Å². The fourth-order valence-corrected chi connectivity index (χ4v) is 2.42. The summed E-state index contributed by atoms with van der Waals surface area (Å²) in [5, 5.41) is 0. The van der Waals surface area contributed by atoms with Crippen LogP contribution in [0.2, 0.25) is 0 Å². The molecule has 4 aromatic rings. The third kappa shape index (κ3) is 10.0. The number of hydrogen-bond donors (Lipinski definition) is 0. The van der Waals surface area contributed by atoms with E-state index in [1.807, 2.05) is 104 Å². The van der Waals surface area contributed by atoms with Gasteiger partial charge >= 0.3 is 26.2 Å². The van der Waals surface area contributed by atoms with E-state index in [1.165, 1.54) is 5.56 Å². The molecule has 0 aliphatic carbocycles. The Hall–Kier alpha value is -2.50. The van der Waals surface area contributed by atoms with Gasteiger partial charge in [0.05, 0.1) is 0 Å². The Balaban J connectivity index is 0.000000311. The molecule has 0 aliphatic heterocycles. The first kappa shape index (κ1) is 24.5. The Kier molecular flexibility index (Phi) is 13.1. The zero-order valence-electron chi connectivity index (χ0n) is 17.0. The maximum atomic E-state index is 3.46. The predicted molar refractivity (Wildman–Crippen MR) is 121 cm³/mol. The van der Waals surface area contributed by atoms with Crippen LogP contribution in [0, 0.1) is 12.2 Å². The molecule has 0 aromatic heterocycles. The second-order valence-electron chi connectivity index (χ2n) is 6.03. The van der Waals surface area contributed by atoms with Crippen LogP contribution in [-0.4, -0.2) is 0 Å². The molecule has 0 saturated heterocycles. The Morgan fingerprint density at radius 3 is 1.48 bits per heavy atom. The molecule has 0 heterocycles. The standard InChI is InChI=1S/C18H16.2C5H5.Zr/c1-3-15(2)18(17-12-8-5-9-13-17)14-16-10-6-4-7-11-16;2*1-2-4-5-3-1;/h4-13H,1-2H3;2*1-5H;/q-2;2*-1;+4. The van der Waals surface area contributed by atoms with Gasteiger partial charge in [0, 0.05) is 0 Å². The largest absolute Gasteiger partial charge is 4.00 e. The van der Waals surface area contributed by atoms with Gasteiger partial charge in [0.2, 0.25) is 0 Å². The van der Waals surface area contributed by atoms with Crippen molar-refractivity contribution in [2.24, 2.45) is 0 Å². The van der Waals surface area contributed by atoms with Crippen LogP contribution in [0.4, 0.5) is 0 Å². The predicted octanol–water partition coefficient (Wildman–Crippen LogP) is 7.50. The van der Waals surface area contributed by atoms with Gasteiger partial charge in [-0.1, -0.05) is 36.4 Å². The van der Waals surface area contributed by atoms with Gasteiger partial charge in [0.1, 0.15) is 0 Å². The van der Waals surface area contributed by atoms with Crippen LogP contribution < -0.4 is 0 Å². The molecule has 0 atom stereocenters. The average molecular weight is 454 g/mol. The first-order chi connectivity index (χ1) is 13.8. The van der Waals surface area contributed by atoms with E-state index in [0.29, 0.717) is 0 Å². The smallest absolute Gasteiger partial charge is 0.316 e. The summed E-state index contributed by atoms with van der Waals surface area (Å²) in [5.41, 5.74) is 4.48. The molecule has 29 heavy (non-hydrogen) atoms. The van der Waals surface area contributed by atoms with Crippen LogP contribution in [0.1, 0.15) is 25.0 Å². The third-order valence-electron chi connectivity index (χ3n) is 3.97. The molecule has 142 valence electrons. The summed E-state index contributed by atoms with van der Waals surface area (Å²) in [7, 11) is 0. The molecule has 4 aromatic carbocycles. The van der Waals surface area contributed by atoms with E-state index in [9.17, 15) is 0 Å². The molecule has 0 spiro atoms. The maximum absolute atomic E-state index is 3.46. The molecule has 0 amide bonds. The van der Waals surface area contributed by atoms with Crippen molar-refractivity contribution in [1.29, 1.82) is 0 Å². The SMILES string of the molecule is C[C-]=C(C)C(=[C-]c1ccccc1)c1ccccc1.[Zr+4].c1cc[cH-]c1.c1cc[cH-]c1. The summed E-state index contributed by atoms with van der Waals surface area (Å²) in [4.78, 5) is 0. The Labute approximate surface area is 195 Å². The number of rotatable bonds is 3. The van der Waals surface area contributed by atoms with Crippen LogP contribution in [0.25, 0.3) is 5.57 Å².